The lowest BCUT2D eigenvalue weighted by atomic mass is 10.0. The Morgan fingerprint density at radius 2 is 0.913 bits per heavy atom. The molecular weight excluding hydrogens is 381 g/mol. The first kappa shape index (κ1) is 31.1. The summed E-state index contributed by atoms with van der Waals surface area (Å²) in [6, 6.07) is 0. The standard InChI is InChI=1S/C8H18.3H3O4P/c1-4-6-7-8(3)5-2;3*1-5(2,3)4/h8H,4-7H2,1-3H3;3*(H3,1,2,3,4). The van der Waals surface area contributed by atoms with Crippen molar-refractivity contribution < 1.29 is 57.7 Å². The molecule has 1 unspecified atom stereocenters. The van der Waals surface area contributed by atoms with E-state index in [1.54, 1.807) is 0 Å². The van der Waals surface area contributed by atoms with Crippen LogP contribution >= 0.6 is 23.5 Å². The lowest BCUT2D eigenvalue weighted by Gasteiger charge is -2.04. The van der Waals surface area contributed by atoms with Gasteiger partial charge in [-0.1, -0.05) is 46.5 Å². The molecule has 0 rings (SSSR count). The van der Waals surface area contributed by atoms with E-state index in [9.17, 15) is 0 Å². The topological polar surface area (TPSA) is 233 Å². The fraction of sp³-hybridized carbons (Fsp3) is 1.00. The second kappa shape index (κ2) is 15.8. The summed E-state index contributed by atoms with van der Waals surface area (Å²) in [4.78, 5) is 64.7. The summed E-state index contributed by atoms with van der Waals surface area (Å²) < 4.78 is 26.6. The highest BCUT2D eigenvalue weighted by atomic mass is 31.2. The Kier molecular flexibility index (Phi) is 21.4. The fourth-order valence-electron chi connectivity index (χ4n) is 0.757. The lowest BCUT2D eigenvalue weighted by molar-refractivity contribution is 0.272. The molecule has 0 saturated heterocycles. The van der Waals surface area contributed by atoms with E-state index in [-0.39, 0.29) is 0 Å². The Morgan fingerprint density at radius 3 is 1.04 bits per heavy atom. The predicted octanol–water partition coefficient (Wildman–Crippen LogP) is 0.437. The molecule has 1 atom stereocenters. The van der Waals surface area contributed by atoms with Gasteiger partial charge in [0.2, 0.25) is 0 Å². The second-order valence-corrected chi connectivity index (χ2v) is 7.28. The van der Waals surface area contributed by atoms with E-state index in [4.69, 9.17) is 57.7 Å². The Balaban J connectivity index is -0.000000108. The van der Waals surface area contributed by atoms with Gasteiger partial charge in [-0.2, -0.15) is 0 Å². The minimum Gasteiger partial charge on any atom is -0.303 e. The van der Waals surface area contributed by atoms with Crippen LogP contribution in [0.3, 0.4) is 0 Å². The number of unbranched alkanes of at least 4 members (excludes halogenated alkanes) is 1. The van der Waals surface area contributed by atoms with Crippen molar-refractivity contribution in [3.8, 4) is 0 Å². The summed E-state index contributed by atoms with van der Waals surface area (Å²) in [6.07, 6.45) is 5.53. The quantitative estimate of drug-likeness (QED) is 0.288. The maximum Gasteiger partial charge on any atom is 0.466 e. The summed E-state index contributed by atoms with van der Waals surface area (Å²) in [6.45, 7) is 6.85. The van der Waals surface area contributed by atoms with Crippen molar-refractivity contribution in [2.45, 2.75) is 46.5 Å². The van der Waals surface area contributed by atoms with Crippen LogP contribution in [0.1, 0.15) is 46.5 Å². The highest BCUT2D eigenvalue weighted by Gasteiger charge is 2.01. The van der Waals surface area contributed by atoms with Crippen molar-refractivity contribution in [2.75, 3.05) is 0 Å². The van der Waals surface area contributed by atoms with Gasteiger partial charge in [-0.15, -0.1) is 0 Å². The average molecular weight is 408 g/mol. The van der Waals surface area contributed by atoms with Crippen LogP contribution in [0, 0.1) is 5.92 Å². The monoisotopic (exact) mass is 408 g/mol. The molecule has 9 N–H and O–H groups in total. The molecule has 0 radical (unpaired) electrons. The molecule has 23 heavy (non-hydrogen) atoms. The zero-order chi connectivity index (χ0) is 19.9. The summed E-state index contributed by atoms with van der Waals surface area (Å²) in [7, 11) is -13.9. The first-order valence-electron chi connectivity index (χ1n) is 6.16. The molecule has 15 heteroatoms. The van der Waals surface area contributed by atoms with Crippen molar-refractivity contribution in [1.82, 2.24) is 0 Å². The van der Waals surface area contributed by atoms with Gasteiger partial charge in [0, 0.05) is 0 Å². The lowest BCUT2D eigenvalue weighted by Crippen LogP contribution is -1.89. The van der Waals surface area contributed by atoms with E-state index in [0.29, 0.717) is 0 Å². The van der Waals surface area contributed by atoms with Crippen LogP contribution < -0.4 is 0 Å². The van der Waals surface area contributed by atoms with Crippen molar-refractivity contribution in [2.24, 2.45) is 5.92 Å². The van der Waals surface area contributed by atoms with Gasteiger partial charge < -0.3 is 44.0 Å². The Bertz CT molecular complexity index is 309. The minimum absolute atomic E-state index is 0.954. The van der Waals surface area contributed by atoms with Gasteiger partial charge in [-0.25, -0.2) is 13.7 Å². The number of rotatable bonds is 4. The van der Waals surface area contributed by atoms with Gasteiger partial charge >= 0.3 is 23.5 Å². The normalized spacial score (nSPS) is 12.5. The van der Waals surface area contributed by atoms with Crippen molar-refractivity contribution >= 4 is 23.5 Å². The first-order chi connectivity index (χ1) is 9.81. The third kappa shape index (κ3) is 230. The molecule has 146 valence electrons. The van der Waals surface area contributed by atoms with Gasteiger partial charge in [-0.05, 0) is 5.92 Å². The summed E-state index contributed by atoms with van der Waals surface area (Å²) in [5, 5.41) is 0. The van der Waals surface area contributed by atoms with Crippen LogP contribution in [-0.2, 0) is 13.7 Å². The molecule has 0 heterocycles. The van der Waals surface area contributed by atoms with Crippen LogP contribution in [0.25, 0.3) is 0 Å². The maximum atomic E-state index is 8.88. The summed E-state index contributed by atoms with van der Waals surface area (Å²) >= 11 is 0. The van der Waals surface area contributed by atoms with Crippen molar-refractivity contribution in [3.63, 3.8) is 0 Å². The smallest absolute Gasteiger partial charge is 0.303 e. The largest absolute Gasteiger partial charge is 0.466 e. The van der Waals surface area contributed by atoms with E-state index in [0.717, 1.165) is 5.92 Å². The van der Waals surface area contributed by atoms with Crippen LogP contribution in [0.2, 0.25) is 0 Å². The second-order valence-electron chi connectivity index (χ2n) is 4.20. The van der Waals surface area contributed by atoms with Gasteiger partial charge in [0.25, 0.3) is 0 Å². The predicted molar refractivity (Wildman–Crippen MR) is 81.8 cm³/mol. The fourth-order valence-corrected chi connectivity index (χ4v) is 0.757. The number of phosphoric acid groups is 3. The van der Waals surface area contributed by atoms with Crippen LogP contribution in [0.5, 0.6) is 0 Å². The van der Waals surface area contributed by atoms with Crippen LogP contribution in [0.15, 0.2) is 0 Å². The van der Waals surface area contributed by atoms with Crippen LogP contribution in [-0.4, -0.2) is 44.0 Å². The van der Waals surface area contributed by atoms with E-state index in [1.165, 1.54) is 25.7 Å². The molecule has 0 aromatic carbocycles. The SMILES string of the molecule is CCCCC(C)CC.O=P(O)(O)O.O=P(O)(O)O.O=P(O)(O)O. The molecule has 0 aliphatic rings. The highest BCUT2D eigenvalue weighted by Crippen LogP contribution is 2.26. The molecule has 0 bridgehead atoms. The number of hydrogen-bond donors (Lipinski definition) is 9. The Labute approximate surface area is 134 Å². The highest BCUT2D eigenvalue weighted by molar-refractivity contribution is 7.45. The molecule has 0 aliphatic heterocycles. The third-order valence-electron chi connectivity index (χ3n) is 1.75. The molecule has 0 spiro atoms. The van der Waals surface area contributed by atoms with Gasteiger partial charge in [0.1, 0.15) is 0 Å². The molecule has 0 fully saturated rings. The first-order valence-corrected chi connectivity index (χ1v) is 10.9. The van der Waals surface area contributed by atoms with E-state index in [2.05, 4.69) is 20.8 Å². The van der Waals surface area contributed by atoms with E-state index < -0.39 is 23.5 Å². The molecule has 0 aliphatic carbocycles. The van der Waals surface area contributed by atoms with Gasteiger partial charge in [0.05, 0.1) is 0 Å². The third-order valence-corrected chi connectivity index (χ3v) is 1.75. The van der Waals surface area contributed by atoms with Gasteiger partial charge in [0.15, 0.2) is 0 Å². The van der Waals surface area contributed by atoms with E-state index in [1.807, 2.05) is 0 Å². The molecule has 0 amide bonds. The van der Waals surface area contributed by atoms with Gasteiger partial charge in [-0.3, -0.25) is 0 Å². The maximum absolute atomic E-state index is 8.88. The van der Waals surface area contributed by atoms with Crippen molar-refractivity contribution in [3.05, 3.63) is 0 Å². The molecule has 12 nitrogen and oxygen atoms in total. The number of hydrogen-bond acceptors (Lipinski definition) is 3. The summed E-state index contributed by atoms with van der Waals surface area (Å²) in [5.41, 5.74) is 0. The Hall–Kier alpha value is 0.330. The average Bonchev–Trinajstić information content (AvgIpc) is 2.18. The molecule has 0 aromatic heterocycles. The zero-order valence-electron chi connectivity index (χ0n) is 13.0. The van der Waals surface area contributed by atoms with Crippen molar-refractivity contribution in [1.29, 1.82) is 0 Å². The van der Waals surface area contributed by atoms with E-state index >= 15 is 0 Å². The molecular formula is C8H27O12P3. The van der Waals surface area contributed by atoms with Crippen LogP contribution in [0.4, 0.5) is 0 Å². The minimum atomic E-state index is -4.64. The summed E-state index contributed by atoms with van der Waals surface area (Å²) in [5.74, 6) is 0.954. The molecule has 0 saturated carbocycles. The molecule has 0 aromatic rings. The zero-order valence-corrected chi connectivity index (χ0v) is 15.7. The Morgan fingerprint density at radius 1 is 0.696 bits per heavy atom.